The van der Waals surface area contributed by atoms with Gasteiger partial charge in [-0.2, -0.15) is 0 Å². The summed E-state index contributed by atoms with van der Waals surface area (Å²) in [5.41, 5.74) is 0. The van der Waals surface area contributed by atoms with Crippen molar-refractivity contribution in [1.82, 2.24) is 0 Å². The van der Waals surface area contributed by atoms with Gasteiger partial charge >= 0.3 is 11.9 Å². The van der Waals surface area contributed by atoms with Crippen LogP contribution in [0.25, 0.3) is 0 Å². The van der Waals surface area contributed by atoms with Gasteiger partial charge in [-0.25, -0.2) is 0 Å². The second-order valence-electron chi connectivity index (χ2n) is 4.09. The van der Waals surface area contributed by atoms with Crippen molar-refractivity contribution in [3.63, 3.8) is 0 Å². The third-order valence-electron chi connectivity index (χ3n) is 2.51. The molecule has 0 saturated heterocycles. The number of hydrogen-bond donors (Lipinski definition) is 0. The maximum absolute atomic E-state index is 11.3. The van der Waals surface area contributed by atoms with Crippen LogP contribution in [0.15, 0.2) is 45.6 Å². The molecule has 2 aromatic heterocycles. The second kappa shape index (κ2) is 6.10. The Kier molecular flexibility index (Phi) is 4.24. The van der Waals surface area contributed by atoms with Gasteiger partial charge in [0.15, 0.2) is 0 Å². The van der Waals surface area contributed by atoms with Gasteiger partial charge in [-0.05, 0) is 24.3 Å². The van der Waals surface area contributed by atoms with E-state index in [0.29, 0.717) is 11.5 Å². The summed E-state index contributed by atoms with van der Waals surface area (Å²) in [6.07, 6.45) is 1.08. The molecule has 2 aromatic rings. The summed E-state index contributed by atoms with van der Waals surface area (Å²) < 4.78 is 20.9. The predicted molar refractivity (Wildman–Crippen MR) is 66.4 cm³/mol. The van der Waals surface area contributed by atoms with Crippen molar-refractivity contribution in [2.75, 3.05) is 0 Å². The topological polar surface area (TPSA) is 78.9 Å². The summed E-state index contributed by atoms with van der Waals surface area (Å²) in [5.74, 6) is -0.309. The Bertz CT molecular complexity index is 502. The SMILES string of the molecule is CC(=O)O[C@@H](c1ccco1)[C@@H](OC(C)=O)c1ccco1. The molecule has 2 heterocycles. The van der Waals surface area contributed by atoms with Crippen molar-refractivity contribution in [3.05, 3.63) is 48.3 Å². The third kappa shape index (κ3) is 3.28. The molecule has 0 saturated carbocycles. The zero-order chi connectivity index (χ0) is 14.5. The standard InChI is InChI=1S/C14H14O6/c1-9(15)19-13(11-5-3-7-17-11)14(20-10(2)16)12-6-4-8-18-12/h3-8,13-14H,1-2H3/t13-,14-/m0/s1. The molecule has 0 radical (unpaired) electrons. The van der Waals surface area contributed by atoms with Crippen LogP contribution in [0.5, 0.6) is 0 Å². The van der Waals surface area contributed by atoms with E-state index in [1.54, 1.807) is 24.3 Å². The molecule has 0 aliphatic carbocycles. The summed E-state index contributed by atoms with van der Waals surface area (Å²) in [5, 5.41) is 0. The highest BCUT2D eigenvalue weighted by atomic mass is 16.6. The molecule has 0 unspecified atom stereocenters. The number of furan rings is 2. The summed E-state index contributed by atoms with van der Waals surface area (Å²) in [6, 6.07) is 6.57. The molecular formula is C14H14O6. The number of hydrogen-bond acceptors (Lipinski definition) is 6. The molecule has 0 amide bonds. The first-order valence-corrected chi connectivity index (χ1v) is 5.99. The minimum atomic E-state index is -0.905. The Balaban J connectivity index is 2.35. The van der Waals surface area contributed by atoms with E-state index in [0.717, 1.165) is 0 Å². The lowest BCUT2D eigenvalue weighted by Gasteiger charge is -2.23. The number of carbonyl (C=O) groups excluding carboxylic acids is 2. The quantitative estimate of drug-likeness (QED) is 0.782. The average Bonchev–Trinajstić information content (AvgIpc) is 3.04. The monoisotopic (exact) mass is 278 g/mol. The second-order valence-corrected chi connectivity index (χ2v) is 4.09. The molecular weight excluding hydrogens is 264 g/mol. The fourth-order valence-electron chi connectivity index (χ4n) is 1.80. The Labute approximate surface area is 115 Å². The maximum atomic E-state index is 11.3. The van der Waals surface area contributed by atoms with Crippen molar-refractivity contribution in [2.45, 2.75) is 26.1 Å². The molecule has 0 spiro atoms. The van der Waals surface area contributed by atoms with E-state index in [1.165, 1.54) is 26.4 Å². The molecule has 0 N–H and O–H groups in total. The van der Waals surface area contributed by atoms with Gasteiger partial charge < -0.3 is 18.3 Å². The van der Waals surface area contributed by atoms with Crippen LogP contribution in [0.3, 0.4) is 0 Å². The molecule has 6 nitrogen and oxygen atoms in total. The summed E-state index contributed by atoms with van der Waals surface area (Å²) in [7, 11) is 0. The van der Waals surface area contributed by atoms with E-state index < -0.39 is 24.1 Å². The lowest BCUT2D eigenvalue weighted by Crippen LogP contribution is -2.20. The van der Waals surface area contributed by atoms with Crippen molar-refractivity contribution in [2.24, 2.45) is 0 Å². The van der Waals surface area contributed by atoms with Crippen molar-refractivity contribution >= 4 is 11.9 Å². The Morgan fingerprint density at radius 1 is 0.900 bits per heavy atom. The first kappa shape index (κ1) is 13.9. The molecule has 20 heavy (non-hydrogen) atoms. The van der Waals surface area contributed by atoms with Crippen LogP contribution in [0.2, 0.25) is 0 Å². The smallest absolute Gasteiger partial charge is 0.303 e. The van der Waals surface area contributed by atoms with Crippen LogP contribution in [0.4, 0.5) is 0 Å². The van der Waals surface area contributed by atoms with Crippen LogP contribution in [0.1, 0.15) is 37.6 Å². The highest BCUT2D eigenvalue weighted by Gasteiger charge is 2.34. The highest BCUT2D eigenvalue weighted by molar-refractivity contribution is 5.67. The van der Waals surface area contributed by atoms with Gasteiger partial charge in [0.1, 0.15) is 11.5 Å². The first-order valence-electron chi connectivity index (χ1n) is 5.99. The van der Waals surface area contributed by atoms with Crippen molar-refractivity contribution < 1.29 is 27.9 Å². The van der Waals surface area contributed by atoms with E-state index in [-0.39, 0.29) is 0 Å². The normalized spacial score (nSPS) is 13.5. The first-order chi connectivity index (χ1) is 9.58. The van der Waals surface area contributed by atoms with E-state index >= 15 is 0 Å². The van der Waals surface area contributed by atoms with Crippen LogP contribution >= 0.6 is 0 Å². The van der Waals surface area contributed by atoms with Gasteiger partial charge in [-0.15, -0.1) is 0 Å². The molecule has 0 bridgehead atoms. The Hall–Kier alpha value is -2.50. The van der Waals surface area contributed by atoms with Crippen molar-refractivity contribution in [1.29, 1.82) is 0 Å². The van der Waals surface area contributed by atoms with Gasteiger partial charge in [0, 0.05) is 13.8 Å². The largest absolute Gasteiger partial charge is 0.465 e. The van der Waals surface area contributed by atoms with E-state index in [4.69, 9.17) is 18.3 Å². The summed E-state index contributed by atoms with van der Waals surface area (Å²) in [6.45, 7) is 2.53. The average molecular weight is 278 g/mol. The minimum Gasteiger partial charge on any atom is -0.465 e. The zero-order valence-corrected chi connectivity index (χ0v) is 11.1. The number of rotatable bonds is 5. The lowest BCUT2D eigenvalue weighted by atomic mass is 10.1. The van der Waals surface area contributed by atoms with E-state index in [9.17, 15) is 9.59 Å². The number of esters is 2. The summed E-state index contributed by atoms with van der Waals surface area (Å²) in [4.78, 5) is 22.5. The number of carbonyl (C=O) groups is 2. The van der Waals surface area contributed by atoms with Crippen LogP contribution in [-0.2, 0) is 19.1 Å². The van der Waals surface area contributed by atoms with E-state index in [1.807, 2.05) is 0 Å². The highest BCUT2D eigenvalue weighted by Crippen LogP contribution is 2.36. The predicted octanol–water partition coefficient (Wildman–Crippen LogP) is 2.78. The molecule has 0 fully saturated rings. The Morgan fingerprint density at radius 3 is 1.55 bits per heavy atom. The van der Waals surface area contributed by atoms with Crippen LogP contribution < -0.4 is 0 Å². The number of ether oxygens (including phenoxy) is 2. The van der Waals surface area contributed by atoms with Crippen LogP contribution in [0, 0.1) is 0 Å². The molecule has 106 valence electrons. The summed E-state index contributed by atoms with van der Waals surface area (Å²) >= 11 is 0. The zero-order valence-electron chi connectivity index (χ0n) is 11.1. The minimum absolute atomic E-state index is 0.364. The molecule has 2 atom stereocenters. The molecule has 0 aliphatic rings. The van der Waals surface area contributed by atoms with Gasteiger partial charge in [0.25, 0.3) is 0 Å². The maximum Gasteiger partial charge on any atom is 0.303 e. The van der Waals surface area contributed by atoms with E-state index in [2.05, 4.69) is 0 Å². The molecule has 0 aromatic carbocycles. The molecule has 2 rings (SSSR count). The van der Waals surface area contributed by atoms with Gasteiger partial charge in [0.2, 0.25) is 12.2 Å². The van der Waals surface area contributed by atoms with Crippen LogP contribution in [-0.4, -0.2) is 11.9 Å². The van der Waals surface area contributed by atoms with Gasteiger partial charge in [0.05, 0.1) is 12.5 Å². The molecule has 0 aliphatic heterocycles. The lowest BCUT2D eigenvalue weighted by molar-refractivity contribution is -0.169. The van der Waals surface area contributed by atoms with Crippen molar-refractivity contribution in [3.8, 4) is 0 Å². The van der Waals surface area contributed by atoms with Gasteiger partial charge in [-0.1, -0.05) is 0 Å². The Morgan fingerprint density at radius 2 is 1.30 bits per heavy atom. The molecule has 6 heteroatoms. The third-order valence-corrected chi connectivity index (χ3v) is 2.51. The fraction of sp³-hybridized carbons (Fsp3) is 0.286. The van der Waals surface area contributed by atoms with Gasteiger partial charge in [-0.3, -0.25) is 9.59 Å². The fourth-order valence-corrected chi connectivity index (χ4v) is 1.80.